The number of aliphatic hydroxyl groups is 2. The molecule has 6 heteroatoms. The molecule has 2 atom stereocenters. The smallest absolute Gasteiger partial charge is 0.305 e. The third kappa shape index (κ3) is 55.7. The number of unbranched alkanes of at least 4 members (excludes halogenated alkanes) is 46. The molecule has 0 spiro atoms. The minimum atomic E-state index is -0.847. The zero-order valence-corrected chi connectivity index (χ0v) is 47.3. The van der Waals surface area contributed by atoms with E-state index in [9.17, 15) is 19.8 Å². The molecule has 1 amide bonds. The van der Waals surface area contributed by atoms with E-state index in [0.29, 0.717) is 19.4 Å². The average molecular weight is 987 g/mol. The average Bonchev–Trinajstić information content (AvgIpc) is 3.36. The lowest BCUT2D eigenvalue weighted by molar-refractivity contribution is -0.143. The second kappa shape index (κ2) is 59.9. The molecule has 0 aromatic heterocycles. The van der Waals surface area contributed by atoms with Gasteiger partial charge in [-0.1, -0.05) is 301 Å². The number of carbonyl (C=O) groups excluding carboxylic acids is 2. The molecule has 0 aliphatic carbocycles. The molecule has 6 nitrogen and oxygen atoms in total. The molecule has 0 rings (SSSR count). The van der Waals surface area contributed by atoms with Gasteiger partial charge in [0.15, 0.2) is 0 Å². The van der Waals surface area contributed by atoms with Crippen LogP contribution in [-0.2, 0) is 14.3 Å². The second-order valence-corrected chi connectivity index (χ2v) is 21.7. The second-order valence-electron chi connectivity index (χ2n) is 21.7. The molecule has 3 N–H and O–H groups in total. The maximum Gasteiger partial charge on any atom is 0.305 e. The summed E-state index contributed by atoms with van der Waals surface area (Å²) in [7, 11) is 0. The van der Waals surface area contributed by atoms with Crippen molar-refractivity contribution in [2.75, 3.05) is 13.2 Å². The van der Waals surface area contributed by atoms with Crippen molar-refractivity contribution in [1.82, 2.24) is 5.32 Å². The van der Waals surface area contributed by atoms with Crippen molar-refractivity contribution >= 4 is 11.9 Å². The van der Waals surface area contributed by atoms with Crippen LogP contribution >= 0.6 is 0 Å². The highest BCUT2D eigenvalue weighted by atomic mass is 16.5. The Bertz CT molecular complexity index is 1090. The lowest BCUT2D eigenvalue weighted by Gasteiger charge is -2.20. The number of amides is 1. The van der Waals surface area contributed by atoms with Gasteiger partial charge in [0.05, 0.1) is 25.4 Å². The van der Waals surface area contributed by atoms with Gasteiger partial charge in [-0.3, -0.25) is 9.59 Å². The number of aliphatic hydroxyl groups excluding tert-OH is 2. The molecule has 0 fully saturated rings. The lowest BCUT2D eigenvalue weighted by Crippen LogP contribution is -2.45. The SMILES string of the molecule is CCCCCCC/C=C\CCCCCCCC(=O)OCCCCCCCCCCCCCCCCCCCCCC(=O)NC(CO)C(O)/C=C/CCCCCCCCCCCCCCCCCCCC. The zero-order valence-electron chi connectivity index (χ0n) is 47.3. The van der Waals surface area contributed by atoms with E-state index in [1.807, 2.05) is 6.08 Å². The summed E-state index contributed by atoms with van der Waals surface area (Å²) in [5.41, 5.74) is 0. The van der Waals surface area contributed by atoms with E-state index in [2.05, 4.69) is 31.3 Å². The van der Waals surface area contributed by atoms with Crippen molar-refractivity contribution in [2.45, 2.75) is 360 Å². The fraction of sp³-hybridized carbons (Fsp3) is 0.906. The monoisotopic (exact) mass is 986 g/mol. The minimum Gasteiger partial charge on any atom is -0.466 e. The molecule has 70 heavy (non-hydrogen) atoms. The van der Waals surface area contributed by atoms with Gasteiger partial charge in [-0.2, -0.15) is 0 Å². The van der Waals surface area contributed by atoms with Crippen molar-refractivity contribution in [3.63, 3.8) is 0 Å². The number of allylic oxidation sites excluding steroid dienone is 3. The number of carbonyl (C=O) groups is 2. The highest BCUT2D eigenvalue weighted by Crippen LogP contribution is 2.18. The van der Waals surface area contributed by atoms with Gasteiger partial charge in [0, 0.05) is 12.8 Å². The molecule has 0 aromatic carbocycles. The number of nitrogens with one attached hydrogen (secondary N) is 1. The van der Waals surface area contributed by atoms with Crippen LogP contribution in [0.4, 0.5) is 0 Å². The van der Waals surface area contributed by atoms with Crippen molar-refractivity contribution in [3.8, 4) is 0 Å². The van der Waals surface area contributed by atoms with Crippen LogP contribution in [0.1, 0.15) is 348 Å². The third-order valence-corrected chi connectivity index (χ3v) is 14.7. The molecule has 0 aromatic rings. The molecule has 414 valence electrons. The van der Waals surface area contributed by atoms with Gasteiger partial charge in [0.1, 0.15) is 0 Å². The van der Waals surface area contributed by atoms with E-state index in [1.165, 1.54) is 276 Å². The molecular weight excluding hydrogens is 863 g/mol. The Balaban J connectivity index is 3.43. The van der Waals surface area contributed by atoms with E-state index in [-0.39, 0.29) is 18.5 Å². The standard InChI is InChI=1S/C64H123NO5/c1-3-5-7-9-11-13-15-17-19-20-21-23-26-29-32-36-40-44-48-52-56-62(67)61(60-66)65-63(68)57-53-49-45-41-37-33-30-27-24-22-25-28-31-35-39-43-47-51-55-59-70-64(69)58-54-50-46-42-38-34-18-16-14-12-10-8-6-4-2/h16,18,52,56,61-62,66-67H,3-15,17,19-51,53-55,57-60H2,1-2H3,(H,65,68)/b18-16-,56-52+. The summed E-state index contributed by atoms with van der Waals surface area (Å²) in [6, 6.07) is -0.631. The van der Waals surface area contributed by atoms with Crippen molar-refractivity contribution in [2.24, 2.45) is 0 Å². The van der Waals surface area contributed by atoms with Gasteiger partial charge < -0.3 is 20.3 Å². The molecule has 0 radical (unpaired) electrons. The van der Waals surface area contributed by atoms with Crippen LogP contribution in [0.5, 0.6) is 0 Å². The fourth-order valence-electron chi connectivity index (χ4n) is 9.87. The molecule has 0 saturated carbocycles. The Morgan fingerprint density at radius 1 is 0.386 bits per heavy atom. The normalized spacial score (nSPS) is 12.7. The van der Waals surface area contributed by atoms with Gasteiger partial charge in [-0.15, -0.1) is 0 Å². The summed E-state index contributed by atoms with van der Waals surface area (Å²) < 4.78 is 5.48. The maximum atomic E-state index is 12.5. The predicted molar refractivity (Wildman–Crippen MR) is 306 cm³/mol. The lowest BCUT2D eigenvalue weighted by atomic mass is 10.0. The van der Waals surface area contributed by atoms with E-state index in [4.69, 9.17) is 4.74 Å². The summed E-state index contributed by atoms with van der Waals surface area (Å²) in [4.78, 5) is 24.5. The first-order valence-corrected chi connectivity index (χ1v) is 31.6. The largest absolute Gasteiger partial charge is 0.466 e. The first-order chi connectivity index (χ1) is 34.5. The van der Waals surface area contributed by atoms with E-state index < -0.39 is 12.1 Å². The summed E-state index contributed by atoms with van der Waals surface area (Å²) in [6.45, 7) is 4.91. The van der Waals surface area contributed by atoms with E-state index >= 15 is 0 Å². The summed E-state index contributed by atoms with van der Waals surface area (Å²) in [5, 5.41) is 23.2. The van der Waals surface area contributed by atoms with Gasteiger partial charge in [-0.25, -0.2) is 0 Å². The highest BCUT2D eigenvalue weighted by molar-refractivity contribution is 5.76. The van der Waals surface area contributed by atoms with Crippen LogP contribution in [0.3, 0.4) is 0 Å². The molecular formula is C64H123NO5. The van der Waals surface area contributed by atoms with Gasteiger partial charge in [0.25, 0.3) is 0 Å². The van der Waals surface area contributed by atoms with Crippen LogP contribution in [0.25, 0.3) is 0 Å². The van der Waals surface area contributed by atoms with Crippen LogP contribution in [0.15, 0.2) is 24.3 Å². The van der Waals surface area contributed by atoms with Gasteiger partial charge in [0.2, 0.25) is 5.91 Å². The van der Waals surface area contributed by atoms with Gasteiger partial charge >= 0.3 is 5.97 Å². The predicted octanol–water partition coefficient (Wildman–Crippen LogP) is 19.8. The molecule has 0 heterocycles. The Labute approximate surface area is 437 Å². The summed E-state index contributed by atoms with van der Waals surface area (Å²) >= 11 is 0. The molecule has 0 aliphatic heterocycles. The van der Waals surface area contributed by atoms with Crippen LogP contribution < -0.4 is 5.32 Å². The third-order valence-electron chi connectivity index (χ3n) is 14.7. The first kappa shape index (κ1) is 68.3. The summed E-state index contributed by atoms with van der Waals surface area (Å²) in [5.74, 6) is -0.0676. The number of hydrogen-bond donors (Lipinski definition) is 3. The van der Waals surface area contributed by atoms with Crippen molar-refractivity contribution in [1.29, 1.82) is 0 Å². The fourth-order valence-corrected chi connectivity index (χ4v) is 9.87. The van der Waals surface area contributed by atoms with Crippen LogP contribution in [0.2, 0.25) is 0 Å². The van der Waals surface area contributed by atoms with Crippen LogP contribution in [0, 0.1) is 0 Å². The number of ether oxygens (including phenoxy) is 1. The highest BCUT2D eigenvalue weighted by Gasteiger charge is 2.18. The van der Waals surface area contributed by atoms with E-state index in [1.54, 1.807) is 6.08 Å². The maximum absolute atomic E-state index is 12.5. The topological polar surface area (TPSA) is 95.9 Å². The Hall–Kier alpha value is -1.66. The molecule has 0 aliphatic rings. The summed E-state index contributed by atoms with van der Waals surface area (Å²) in [6.07, 6.45) is 73.6. The van der Waals surface area contributed by atoms with Crippen LogP contribution in [-0.4, -0.2) is 47.4 Å². The number of rotatable bonds is 59. The Kier molecular flexibility index (Phi) is 58.5. The number of hydrogen-bond acceptors (Lipinski definition) is 5. The van der Waals surface area contributed by atoms with Gasteiger partial charge in [-0.05, 0) is 57.8 Å². The Morgan fingerprint density at radius 2 is 0.671 bits per heavy atom. The molecule has 0 saturated heterocycles. The number of esters is 1. The van der Waals surface area contributed by atoms with Crippen molar-refractivity contribution in [3.05, 3.63) is 24.3 Å². The molecule has 0 bridgehead atoms. The van der Waals surface area contributed by atoms with E-state index in [0.717, 1.165) is 44.9 Å². The molecule has 2 unspecified atom stereocenters. The zero-order chi connectivity index (χ0) is 50.7. The minimum absolute atomic E-state index is 0.000306. The Morgan fingerprint density at radius 3 is 1.01 bits per heavy atom. The first-order valence-electron chi connectivity index (χ1n) is 31.6. The van der Waals surface area contributed by atoms with Crippen molar-refractivity contribution < 1.29 is 24.5 Å². The quantitative estimate of drug-likeness (QED) is 0.0321.